The van der Waals surface area contributed by atoms with E-state index in [0.717, 1.165) is 0 Å². The van der Waals surface area contributed by atoms with Gasteiger partial charge in [-0.2, -0.15) is 4.31 Å². The molecule has 0 radical (unpaired) electrons. The van der Waals surface area contributed by atoms with Crippen molar-refractivity contribution in [2.45, 2.75) is 18.0 Å². The quantitative estimate of drug-likeness (QED) is 0.351. The fourth-order valence-electron chi connectivity index (χ4n) is 3.86. The normalized spacial score (nSPS) is 11.9. The van der Waals surface area contributed by atoms with Gasteiger partial charge >= 0.3 is 0 Å². The Morgan fingerprint density at radius 1 is 0.882 bits per heavy atom. The van der Waals surface area contributed by atoms with Gasteiger partial charge in [0.15, 0.2) is 5.43 Å². The standard InChI is InChI=1S/C26H19FN2O4S/c27-21-12-10-18(11-13-21)15-29(16-20-17-33-23-8-2-1-7-22(23)26(20)30)34(31,32)24-9-3-5-19-6-4-14-28-25(19)24/h1-14,17H,15-16H2. The fraction of sp³-hybridized carbons (Fsp3) is 0.0769. The Kier molecular flexibility index (Phi) is 5.69. The second kappa shape index (κ2) is 8.81. The lowest BCUT2D eigenvalue weighted by Crippen LogP contribution is -2.32. The molecule has 0 aliphatic heterocycles. The number of pyridine rings is 1. The van der Waals surface area contributed by atoms with Gasteiger partial charge in [0, 0.05) is 24.7 Å². The van der Waals surface area contributed by atoms with E-state index in [9.17, 15) is 17.6 Å². The molecule has 0 saturated heterocycles. The monoisotopic (exact) mass is 474 g/mol. The van der Waals surface area contributed by atoms with Crippen LogP contribution in [0.4, 0.5) is 4.39 Å². The Morgan fingerprint density at radius 3 is 2.47 bits per heavy atom. The van der Waals surface area contributed by atoms with Crippen LogP contribution in [0.15, 0.2) is 105 Å². The van der Waals surface area contributed by atoms with Crippen LogP contribution in [0.2, 0.25) is 0 Å². The summed E-state index contributed by atoms with van der Waals surface area (Å²) in [5, 5.41) is 1.04. The lowest BCUT2D eigenvalue weighted by Gasteiger charge is -2.23. The number of benzene rings is 3. The average Bonchev–Trinajstić information content (AvgIpc) is 2.86. The summed E-state index contributed by atoms with van der Waals surface area (Å²) in [4.78, 5) is 17.4. The molecule has 3 aromatic carbocycles. The van der Waals surface area contributed by atoms with Gasteiger partial charge in [0.2, 0.25) is 10.0 Å². The zero-order chi connectivity index (χ0) is 23.7. The van der Waals surface area contributed by atoms with Gasteiger partial charge in [0.25, 0.3) is 0 Å². The Morgan fingerprint density at radius 2 is 1.65 bits per heavy atom. The number of rotatable bonds is 6. The van der Waals surface area contributed by atoms with E-state index in [-0.39, 0.29) is 29.0 Å². The van der Waals surface area contributed by atoms with Crippen LogP contribution in [0.3, 0.4) is 0 Å². The van der Waals surface area contributed by atoms with Gasteiger partial charge in [-0.25, -0.2) is 12.8 Å². The maximum absolute atomic E-state index is 13.9. The second-order valence-corrected chi connectivity index (χ2v) is 9.72. The largest absolute Gasteiger partial charge is 0.464 e. The third-order valence-corrected chi connectivity index (χ3v) is 7.41. The van der Waals surface area contributed by atoms with Gasteiger partial charge in [0.1, 0.15) is 16.3 Å². The minimum Gasteiger partial charge on any atom is -0.464 e. The summed E-state index contributed by atoms with van der Waals surface area (Å²) < 4.78 is 48.0. The molecule has 2 heterocycles. The molecule has 170 valence electrons. The molecular formula is C26H19FN2O4S. The van der Waals surface area contributed by atoms with Crippen molar-refractivity contribution in [3.8, 4) is 0 Å². The molecule has 0 N–H and O–H groups in total. The number of fused-ring (bicyclic) bond motifs is 2. The van der Waals surface area contributed by atoms with Gasteiger partial charge < -0.3 is 4.42 Å². The molecule has 0 fully saturated rings. The van der Waals surface area contributed by atoms with Crippen molar-refractivity contribution in [3.63, 3.8) is 0 Å². The third kappa shape index (κ3) is 4.09. The van der Waals surface area contributed by atoms with E-state index >= 15 is 0 Å². The molecule has 6 nitrogen and oxygen atoms in total. The minimum absolute atomic E-state index is 0.0258. The van der Waals surface area contributed by atoms with Crippen molar-refractivity contribution in [1.82, 2.24) is 9.29 Å². The van der Waals surface area contributed by atoms with E-state index in [1.165, 1.54) is 47.1 Å². The maximum atomic E-state index is 13.9. The first-order valence-corrected chi connectivity index (χ1v) is 12.0. The number of para-hydroxylation sites is 2. The highest BCUT2D eigenvalue weighted by molar-refractivity contribution is 7.89. The van der Waals surface area contributed by atoms with Crippen molar-refractivity contribution in [1.29, 1.82) is 0 Å². The summed E-state index contributed by atoms with van der Waals surface area (Å²) in [6, 6.07) is 20.8. The first-order chi connectivity index (χ1) is 16.4. The Bertz CT molecular complexity index is 1660. The van der Waals surface area contributed by atoms with E-state index in [1.807, 2.05) is 0 Å². The van der Waals surface area contributed by atoms with Crippen molar-refractivity contribution in [3.05, 3.63) is 118 Å². The number of sulfonamides is 1. The van der Waals surface area contributed by atoms with E-state index in [0.29, 0.717) is 27.4 Å². The predicted molar refractivity (Wildman–Crippen MR) is 127 cm³/mol. The van der Waals surface area contributed by atoms with Crippen LogP contribution in [0.5, 0.6) is 0 Å². The molecule has 34 heavy (non-hydrogen) atoms. The molecule has 0 bridgehead atoms. The topological polar surface area (TPSA) is 80.5 Å². The van der Waals surface area contributed by atoms with E-state index in [2.05, 4.69) is 4.98 Å². The lowest BCUT2D eigenvalue weighted by atomic mass is 10.1. The molecule has 5 rings (SSSR count). The predicted octanol–water partition coefficient (Wildman–Crippen LogP) is 4.87. The first-order valence-electron chi connectivity index (χ1n) is 10.5. The summed E-state index contributed by atoms with van der Waals surface area (Å²) in [6.07, 6.45) is 2.82. The highest BCUT2D eigenvalue weighted by Crippen LogP contribution is 2.27. The van der Waals surface area contributed by atoms with Crippen molar-refractivity contribution in [2.75, 3.05) is 0 Å². The molecular weight excluding hydrogens is 455 g/mol. The SMILES string of the molecule is O=c1c(CN(Cc2ccc(F)cc2)S(=O)(=O)c2cccc3cccnc23)coc2ccccc12. The van der Waals surface area contributed by atoms with Crippen LogP contribution in [0.1, 0.15) is 11.1 Å². The van der Waals surface area contributed by atoms with Crippen molar-refractivity contribution >= 4 is 31.9 Å². The molecule has 8 heteroatoms. The Hall–Kier alpha value is -3.88. The summed E-state index contributed by atoms with van der Waals surface area (Å²) >= 11 is 0. The summed E-state index contributed by atoms with van der Waals surface area (Å²) in [5.74, 6) is -0.424. The van der Waals surface area contributed by atoms with Crippen LogP contribution in [0.25, 0.3) is 21.9 Å². The lowest BCUT2D eigenvalue weighted by molar-refractivity contribution is 0.396. The first kappa shape index (κ1) is 21.9. The Balaban J connectivity index is 1.63. The van der Waals surface area contributed by atoms with Gasteiger partial charge in [-0.05, 0) is 42.0 Å². The molecule has 5 aromatic rings. The Labute approximate surface area is 195 Å². The average molecular weight is 475 g/mol. The van der Waals surface area contributed by atoms with E-state index in [4.69, 9.17) is 4.42 Å². The number of aromatic nitrogens is 1. The minimum atomic E-state index is -4.11. The molecule has 0 spiro atoms. The zero-order valence-corrected chi connectivity index (χ0v) is 18.7. The van der Waals surface area contributed by atoms with Crippen molar-refractivity contribution < 1.29 is 17.2 Å². The van der Waals surface area contributed by atoms with Crippen LogP contribution in [-0.2, 0) is 23.1 Å². The summed E-state index contributed by atoms with van der Waals surface area (Å²) in [5.41, 5.74) is 1.21. The number of nitrogens with zero attached hydrogens (tertiary/aromatic N) is 2. The highest BCUT2D eigenvalue weighted by atomic mass is 32.2. The second-order valence-electron chi connectivity index (χ2n) is 7.82. The number of hydrogen-bond acceptors (Lipinski definition) is 5. The smallest absolute Gasteiger partial charge is 0.245 e. The summed E-state index contributed by atoms with van der Waals surface area (Å²) in [7, 11) is -4.11. The van der Waals surface area contributed by atoms with Crippen LogP contribution in [-0.4, -0.2) is 17.7 Å². The fourth-order valence-corrected chi connectivity index (χ4v) is 5.43. The van der Waals surface area contributed by atoms with Crippen LogP contribution >= 0.6 is 0 Å². The van der Waals surface area contributed by atoms with E-state index < -0.39 is 15.8 Å². The summed E-state index contributed by atoms with van der Waals surface area (Å²) in [6.45, 7) is -0.297. The number of halogens is 1. The zero-order valence-electron chi connectivity index (χ0n) is 17.9. The molecule has 0 saturated carbocycles. The van der Waals surface area contributed by atoms with Gasteiger partial charge in [-0.15, -0.1) is 0 Å². The van der Waals surface area contributed by atoms with Crippen LogP contribution in [0, 0.1) is 5.82 Å². The third-order valence-electron chi connectivity index (χ3n) is 5.58. The van der Waals surface area contributed by atoms with Gasteiger partial charge in [-0.3, -0.25) is 9.78 Å². The van der Waals surface area contributed by atoms with Gasteiger partial charge in [-0.1, -0.05) is 42.5 Å². The maximum Gasteiger partial charge on any atom is 0.245 e. The van der Waals surface area contributed by atoms with Crippen molar-refractivity contribution in [2.24, 2.45) is 0 Å². The van der Waals surface area contributed by atoms with Gasteiger partial charge in [0.05, 0.1) is 22.7 Å². The molecule has 0 aliphatic rings. The molecule has 0 unspecified atom stereocenters. The number of hydrogen-bond donors (Lipinski definition) is 0. The molecule has 0 atom stereocenters. The molecule has 2 aromatic heterocycles. The van der Waals surface area contributed by atoms with Crippen LogP contribution < -0.4 is 5.43 Å². The van der Waals surface area contributed by atoms with E-state index in [1.54, 1.807) is 48.5 Å². The molecule has 0 aliphatic carbocycles. The highest BCUT2D eigenvalue weighted by Gasteiger charge is 2.28. The molecule has 0 amide bonds.